The van der Waals surface area contributed by atoms with Crippen LogP contribution in [0.1, 0.15) is 24.3 Å². The summed E-state index contributed by atoms with van der Waals surface area (Å²) in [6, 6.07) is 12.0. The molecule has 0 aliphatic carbocycles. The van der Waals surface area contributed by atoms with Crippen molar-refractivity contribution in [1.29, 1.82) is 0 Å². The minimum Gasteiger partial charge on any atom is -0.325 e. The van der Waals surface area contributed by atoms with E-state index >= 15 is 0 Å². The van der Waals surface area contributed by atoms with Gasteiger partial charge < -0.3 is 5.32 Å². The second-order valence-corrected chi connectivity index (χ2v) is 6.24. The highest BCUT2D eigenvalue weighted by atomic mass is 32.1. The third-order valence-electron chi connectivity index (χ3n) is 3.66. The van der Waals surface area contributed by atoms with Crippen LogP contribution in [0, 0.1) is 0 Å². The number of likely N-dealkylation sites (N-methyl/N-ethyl adjacent to an activating group) is 1. The molecular formula is C17H22N2OS. The van der Waals surface area contributed by atoms with Crippen LogP contribution in [0.5, 0.6) is 0 Å². The van der Waals surface area contributed by atoms with Crippen LogP contribution in [0.4, 0.5) is 5.69 Å². The second kappa shape index (κ2) is 7.38. The molecule has 0 spiro atoms. The summed E-state index contributed by atoms with van der Waals surface area (Å²) < 4.78 is 0. The number of carbonyl (C=O) groups is 1. The van der Waals surface area contributed by atoms with Gasteiger partial charge in [0.15, 0.2) is 0 Å². The molecule has 21 heavy (non-hydrogen) atoms. The maximum atomic E-state index is 12.3. The van der Waals surface area contributed by atoms with Gasteiger partial charge in [-0.15, -0.1) is 11.3 Å². The van der Waals surface area contributed by atoms with Crippen molar-refractivity contribution in [1.82, 2.24) is 4.90 Å². The molecule has 0 fully saturated rings. The monoisotopic (exact) mass is 302 g/mol. The maximum absolute atomic E-state index is 12.3. The van der Waals surface area contributed by atoms with E-state index in [0.717, 1.165) is 18.7 Å². The fraction of sp³-hybridized carbons (Fsp3) is 0.353. The van der Waals surface area contributed by atoms with Crippen LogP contribution in [0.3, 0.4) is 0 Å². The fourth-order valence-corrected chi connectivity index (χ4v) is 2.82. The van der Waals surface area contributed by atoms with Gasteiger partial charge in [-0.3, -0.25) is 9.69 Å². The van der Waals surface area contributed by atoms with Crippen molar-refractivity contribution < 1.29 is 4.79 Å². The molecular weight excluding hydrogens is 280 g/mol. The smallest absolute Gasteiger partial charge is 0.241 e. The Hall–Kier alpha value is -1.65. The average Bonchev–Trinajstić information content (AvgIpc) is 3.00. The maximum Gasteiger partial charge on any atom is 0.241 e. The Morgan fingerprint density at radius 2 is 2.00 bits per heavy atom. The van der Waals surface area contributed by atoms with Crippen LogP contribution in [-0.4, -0.2) is 23.9 Å². The van der Waals surface area contributed by atoms with Crippen molar-refractivity contribution in [3.8, 4) is 0 Å². The number of hydrogen-bond donors (Lipinski definition) is 1. The molecule has 1 heterocycles. The molecule has 0 saturated carbocycles. The van der Waals surface area contributed by atoms with E-state index < -0.39 is 0 Å². The van der Waals surface area contributed by atoms with E-state index in [1.54, 1.807) is 11.3 Å². The molecule has 2 rings (SSSR count). The zero-order chi connectivity index (χ0) is 15.2. The SMILES string of the molecule is CCc1ccc(NC(=O)[C@H](C)N(C)Cc2cccs2)cc1. The van der Waals surface area contributed by atoms with Crippen molar-refractivity contribution in [3.05, 3.63) is 52.2 Å². The van der Waals surface area contributed by atoms with Gasteiger partial charge in [0, 0.05) is 17.1 Å². The van der Waals surface area contributed by atoms with Gasteiger partial charge in [0.2, 0.25) is 5.91 Å². The molecule has 0 saturated heterocycles. The summed E-state index contributed by atoms with van der Waals surface area (Å²) in [5, 5.41) is 5.04. The summed E-state index contributed by atoms with van der Waals surface area (Å²) in [4.78, 5) is 15.6. The molecule has 0 radical (unpaired) electrons. The van der Waals surface area contributed by atoms with E-state index in [-0.39, 0.29) is 11.9 Å². The first-order chi connectivity index (χ1) is 10.1. The fourth-order valence-electron chi connectivity index (χ4n) is 2.06. The third-order valence-corrected chi connectivity index (χ3v) is 4.52. The topological polar surface area (TPSA) is 32.3 Å². The number of nitrogens with zero attached hydrogens (tertiary/aromatic N) is 1. The van der Waals surface area contributed by atoms with Crippen LogP contribution < -0.4 is 5.32 Å². The molecule has 1 aromatic heterocycles. The first-order valence-corrected chi connectivity index (χ1v) is 8.10. The molecule has 1 atom stereocenters. The van der Waals surface area contributed by atoms with E-state index in [2.05, 4.69) is 40.7 Å². The number of aryl methyl sites for hydroxylation is 1. The minimum atomic E-state index is -0.169. The van der Waals surface area contributed by atoms with Crippen LogP contribution in [-0.2, 0) is 17.8 Å². The Labute approximate surface area is 130 Å². The van der Waals surface area contributed by atoms with Crippen LogP contribution >= 0.6 is 11.3 Å². The lowest BCUT2D eigenvalue weighted by Gasteiger charge is -2.23. The van der Waals surface area contributed by atoms with E-state index in [9.17, 15) is 4.79 Å². The average molecular weight is 302 g/mol. The van der Waals surface area contributed by atoms with Gasteiger partial charge in [-0.1, -0.05) is 25.1 Å². The van der Waals surface area contributed by atoms with Crippen molar-refractivity contribution in [2.45, 2.75) is 32.9 Å². The third kappa shape index (κ3) is 4.41. The van der Waals surface area contributed by atoms with E-state index in [0.29, 0.717) is 0 Å². The lowest BCUT2D eigenvalue weighted by atomic mass is 10.1. The predicted molar refractivity (Wildman–Crippen MR) is 89.7 cm³/mol. The number of hydrogen-bond acceptors (Lipinski definition) is 3. The number of nitrogens with one attached hydrogen (secondary N) is 1. The van der Waals surface area contributed by atoms with Crippen molar-refractivity contribution >= 4 is 22.9 Å². The summed E-state index contributed by atoms with van der Waals surface area (Å²) in [6.45, 7) is 4.85. The minimum absolute atomic E-state index is 0.0262. The van der Waals surface area contributed by atoms with Crippen molar-refractivity contribution in [2.75, 3.05) is 12.4 Å². The van der Waals surface area contributed by atoms with Crippen molar-refractivity contribution in [2.24, 2.45) is 0 Å². The number of anilines is 1. The number of amides is 1. The Morgan fingerprint density at radius 3 is 2.57 bits per heavy atom. The summed E-state index contributed by atoms with van der Waals surface area (Å²) >= 11 is 1.72. The predicted octanol–water partition coefficient (Wildman–Crippen LogP) is 3.77. The largest absolute Gasteiger partial charge is 0.325 e. The number of rotatable bonds is 6. The highest BCUT2D eigenvalue weighted by Gasteiger charge is 2.18. The Balaban J connectivity index is 1.91. The number of benzene rings is 1. The zero-order valence-electron chi connectivity index (χ0n) is 12.8. The van der Waals surface area contributed by atoms with Crippen LogP contribution in [0.2, 0.25) is 0 Å². The van der Waals surface area contributed by atoms with E-state index in [4.69, 9.17) is 0 Å². The number of carbonyl (C=O) groups excluding carboxylic acids is 1. The van der Waals surface area contributed by atoms with Gasteiger partial charge in [0.25, 0.3) is 0 Å². The first-order valence-electron chi connectivity index (χ1n) is 7.22. The van der Waals surface area contributed by atoms with Gasteiger partial charge in [-0.05, 0) is 49.5 Å². The first kappa shape index (κ1) is 15.7. The molecule has 4 heteroatoms. The molecule has 0 unspecified atom stereocenters. The normalized spacial score (nSPS) is 12.4. The van der Waals surface area contributed by atoms with Gasteiger partial charge in [-0.25, -0.2) is 0 Å². The summed E-state index contributed by atoms with van der Waals surface area (Å²) in [7, 11) is 1.98. The Morgan fingerprint density at radius 1 is 1.29 bits per heavy atom. The number of thiophene rings is 1. The molecule has 0 bridgehead atoms. The molecule has 1 aromatic carbocycles. The summed E-state index contributed by atoms with van der Waals surface area (Å²) in [5.74, 6) is 0.0262. The lowest BCUT2D eigenvalue weighted by Crippen LogP contribution is -2.39. The molecule has 112 valence electrons. The highest BCUT2D eigenvalue weighted by molar-refractivity contribution is 7.09. The second-order valence-electron chi connectivity index (χ2n) is 5.21. The lowest BCUT2D eigenvalue weighted by molar-refractivity contribution is -0.120. The molecule has 3 nitrogen and oxygen atoms in total. The summed E-state index contributed by atoms with van der Waals surface area (Å²) in [5.41, 5.74) is 2.13. The van der Waals surface area contributed by atoms with E-state index in [1.165, 1.54) is 10.4 Å². The van der Waals surface area contributed by atoms with E-state index in [1.807, 2.05) is 32.2 Å². The van der Waals surface area contributed by atoms with Gasteiger partial charge in [0.1, 0.15) is 0 Å². The molecule has 2 aromatic rings. The van der Waals surface area contributed by atoms with Gasteiger partial charge >= 0.3 is 0 Å². The molecule has 1 amide bonds. The zero-order valence-corrected chi connectivity index (χ0v) is 13.6. The summed E-state index contributed by atoms with van der Waals surface area (Å²) in [6.07, 6.45) is 1.01. The van der Waals surface area contributed by atoms with Gasteiger partial charge in [-0.2, -0.15) is 0 Å². The Bertz CT molecular complexity index is 563. The molecule has 0 aliphatic rings. The standard InChI is InChI=1S/C17H22N2OS/c1-4-14-7-9-15(10-8-14)18-17(20)13(2)19(3)12-16-6-5-11-21-16/h5-11,13H,4,12H2,1-3H3,(H,18,20)/t13-/m0/s1. The highest BCUT2D eigenvalue weighted by Crippen LogP contribution is 2.14. The molecule has 1 N–H and O–H groups in total. The quantitative estimate of drug-likeness (QED) is 0.881. The van der Waals surface area contributed by atoms with Crippen LogP contribution in [0.15, 0.2) is 41.8 Å². The van der Waals surface area contributed by atoms with Crippen LogP contribution in [0.25, 0.3) is 0 Å². The van der Waals surface area contributed by atoms with Crippen molar-refractivity contribution in [3.63, 3.8) is 0 Å². The molecule has 0 aliphatic heterocycles. The van der Waals surface area contributed by atoms with Gasteiger partial charge in [0.05, 0.1) is 6.04 Å². The Kier molecular flexibility index (Phi) is 5.53.